The molecule has 0 radical (unpaired) electrons. The Hall–Kier alpha value is -2.30. The fourth-order valence-electron chi connectivity index (χ4n) is 3.29. The van der Waals surface area contributed by atoms with Crippen LogP contribution in [0.5, 0.6) is 5.75 Å². The Kier molecular flexibility index (Phi) is 2.96. The lowest BCUT2D eigenvalue weighted by Crippen LogP contribution is -2.51. The van der Waals surface area contributed by atoms with E-state index < -0.39 is 0 Å². The Morgan fingerprint density at radius 2 is 2.09 bits per heavy atom. The van der Waals surface area contributed by atoms with Crippen molar-refractivity contribution >= 4 is 5.91 Å². The second-order valence-corrected chi connectivity index (χ2v) is 6.16. The van der Waals surface area contributed by atoms with Crippen LogP contribution in [0.1, 0.15) is 33.4 Å². The van der Waals surface area contributed by atoms with Gasteiger partial charge in [-0.3, -0.25) is 9.48 Å². The number of nitrogens with zero attached hydrogens (tertiary/aromatic N) is 3. The highest BCUT2D eigenvalue weighted by molar-refractivity contribution is 5.95. The maximum Gasteiger partial charge on any atom is 0.254 e. The van der Waals surface area contributed by atoms with Gasteiger partial charge in [-0.2, -0.15) is 5.10 Å². The average molecular weight is 297 g/mol. The number of rotatable bonds is 2. The van der Waals surface area contributed by atoms with Crippen LogP contribution in [-0.2, 0) is 6.42 Å². The van der Waals surface area contributed by atoms with Crippen molar-refractivity contribution < 1.29 is 9.53 Å². The Morgan fingerprint density at radius 1 is 1.27 bits per heavy atom. The SMILES string of the molecule is Cc1cc(C)n(C2CN(C(=O)c3ccc4c(c3)CCO4)C2)n1. The summed E-state index contributed by atoms with van der Waals surface area (Å²) in [6.45, 7) is 6.24. The van der Waals surface area contributed by atoms with E-state index in [1.807, 2.05) is 34.7 Å². The molecule has 0 spiro atoms. The number of aryl methyl sites for hydroxylation is 2. The first kappa shape index (κ1) is 13.4. The van der Waals surface area contributed by atoms with Crippen LogP contribution < -0.4 is 4.74 Å². The largest absolute Gasteiger partial charge is 0.493 e. The van der Waals surface area contributed by atoms with Gasteiger partial charge in [0.1, 0.15) is 5.75 Å². The van der Waals surface area contributed by atoms with E-state index in [2.05, 4.69) is 18.1 Å². The molecular weight excluding hydrogens is 278 g/mol. The zero-order valence-corrected chi connectivity index (χ0v) is 12.9. The van der Waals surface area contributed by atoms with Gasteiger partial charge in [-0.15, -0.1) is 0 Å². The van der Waals surface area contributed by atoms with E-state index in [9.17, 15) is 4.79 Å². The van der Waals surface area contributed by atoms with Crippen molar-refractivity contribution in [3.8, 4) is 5.75 Å². The summed E-state index contributed by atoms with van der Waals surface area (Å²) in [5.74, 6) is 1.02. The van der Waals surface area contributed by atoms with Gasteiger partial charge in [0.2, 0.25) is 0 Å². The zero-order chi connectivity index (χ0) is 15.3. The second kappa shape index (κ2) is 4.87. The fraction of sp³-hybridized carbons (Fsp3) is 0.412. The molecular formula is C17H19N3O2. The Morgan fingerprint density at radius 3 is 2.82 bits per heavy atom. The van der Waals surface area contributed by atoms with Crippen LogP contribution in [0.15, 0.2) is 24.3 Å². The summed E-state index contributed by atoms with van der Waals surface area (Å²) in [6, 6.07) is 8.12. The third-order valence-corrected chi connectivity index (χ3v) is 4.48. The van der Waals surface area contributed by atoms with Crippen molar-refractivity contribution in [1.82, 2.24) is 14.7 Å². The Bertz CT molecular complexity index is 744. The van der Waals surface area contributed by atoms with E-state index in [-0.39, 0.29) is 5.91 Å². The molecule has 2 aromatic rings. The molecule has 2 aliphatic heterocycles. The molecule has 114 valence electrons. The number of carbonyl (C=O) groups is 1. The Balaban J connectivity index is 1.46. The summed E-state index contributed by atoms with van der Waals surface area (Å²) in [7, 11) is 0. The van der Waals surface area contributed by atoms with Crippen molar-refractivity contribution in [2.24, 2.45) is 0 Å². The highest BCUT2D eigenvalue weighted by atomic mass is 16.5. The average Bonchev–Trinajstić information content (AvgIpc) is 3.03. The molecule has 0 bridgehead atoms. The van der Waals surface area contributed by atoms with Crippen LogP contribution >= 0.6 is 0 Å². The third kappa shape index (κ3) is 2.08. The van der Waals surface area contributed by atoms with E-state index in [1.165, 1.54) is 0 Å². The lowest BCUT2D eigenvalue weighted by atomic mass is 10.0. The standard InChI is InChI=1S/C17H19N3O2/c1-11-7-12(2)20(18-11)15-9-19(10-15)17(21)14-3-4-16-13(8-14)5-6-22-16/h3-4,7-8,15H,5-6,9-10H2,1-2H3. The van der Waals surface area contributed by atoms with Gasteiger partial charge in [-0.05, 0) is 43.7 Å². The summed E-state index contributed by atoms with van der Waals surface area (Å²) >= 11 is 0. The van der Waals surface area contributed by atoms with Crippen molar-refractivity contribution in [2.45, 2.75) is 26.3 Å². The van der Waals surface area contributed by atoms with Crippen LogP contribution in [0.4, 0.5) is 0 Å². The number of fused-ring (bicyclic) bond motifs is 1. The number of amides is 1. The molecule has 5 nitrogen and oxygen atoms in total. The van der Waals surface area contributed by atoms with Crippen LogP contribution in [0.3, 0.4) is 0 Å². The first-order chi connectivity index (χ1) is 10.6. The molecule has 1 aromatic heterocycles. The van der Waals surface area contributed by atoms with E-state index in [4.69, 9.17) is 4.74 Å². The van der Waals surface area contributed by atoms with Gasteiger partial charge in [0, 0.05) is 30.8 Å². The number of ether oxygens (including phenoxy) is 1. The number of likely N-dealkylation sites (tertiary alicyclic amines) is 1. The molecule has 22 heavy (non-hydrogen) atoms. The number of benzene rings is 1. The van der Waals surface area contributed by atoms with Gasteiger partial charge in [-0.25, -0.2) is 0 Å². The van der Waals surface area contributed by atoms with Crippen molar-refractivity contribution in [2.75, 3.05) is 19.7 Å². The molecule has 0 unspecified atom stereocenters. The van der Waals surface area contributed by atoms with E-state index in [0.29, 0.717) is 6.04 Å². The minimum absolute atomic E-state index is 0.104. The van der Waals surface area contributed by atoms with Crippen LogP contribution in [-0.4, -0.2) is 40.3 Å². The zero-order valence-electron chi connectivity index (χ0n) is 12.9. The summed E-state index contributed by atoms with van der Waals surface area (Å²) in [5, 5.41) is 4.51. The third-order valence-electron chi connectivity index (χ3n) is 4.48. The maximum absolute atomic E-state index is 12.5. The molecule has 0 aliphatic carbocycles. The van der Waals surface area contributed by atoms with Gasteiger partial charge >= 0.3 is 0 Å². The molecule has 0 N–H and O–H groups in total. The van der Waals surface area contributed by atoms with Crippen molar-refractivity contribution in [1.29, 1.82) is 0 Å². The first-order valence-electron chi connectivity index (χ1n) is 7.69. The van der Waals surface area contributed by atoms with Gasteiger partial charge in [0.15, 0.2) is 0 Å². The van der Waals surface area contributed by atoms with Gasteiger partial charge in [0.05, 0.1) is 18.3 Å². The van der Waals surface area contributed by atoms with Crippen molar-refractivity contribution in [3.05, 3.63) is 46.8 Å². The molecule has 5 heteroatoms. The normalized spacial score (nSPS) is 17.1. The molecule has 3 heterocycles. The Labute approximate surface area is 129 Å². The van der Waals surface area contributed by atoms with Crippen LogP contribution in [0.25, 0.3) is 0 Å². The number of carbonyl (C=O) groups excluding carboxylic acids is 1. The number of hydrogen-bond donors (Lipinski definition) is 0. The summed E-state index contributed by atoms with van der Waals surface area (Å²) in [4.78, 5) is 14.4. The monoisotopic (exact) mass is 297 g/mol. The molecule has 2 aliphatic rings. The summed E-state index contributed by atoms with van der Waals surface area (Å²) < 4.78 is 7.53. The van der Waals surface area contributed by atoms with Crippen molar-refractivity contribution in [3.63, 3.8) is 0 Å². The number of aromatic nitrogens is 2. The summed E-state index contributed by atoms with van der Waals surface area (Å²) in [6.07, 6.45) is 0.894. The fourth-order valence-corrected chi connectivity index (χ4v) is 3.29. The van der Waals surface area contributed by atoms with Crippen LogP contribution in [0.2, 0.25) is 0 Å². The predicted molar refractivity (Wildman–Crippen MR) is 82.3 cm³/mol. The molecule has 4 rings (SSSR count). The highest BCUT2D eigenvalue weighted by Gasteiger charge is 2.34. The highest BCUT2D eigenvalue weighted by Crippen LogP contribution is 2.29. The van der Waals surface area contributed by atoms with E-state index >= 15 is 0 Å². The lowest BCUT2D eigenvalue weighted by molar-refractivity contribution is 0.0497. The molecule has 0 atom stereocenters. The smallest absolute Gasteiger partial charge is 0.254 e. The predicted octanol–water partition coefficient (Wildman–Crippen LogP) is 2.13. The summed E-state index contributed by atoms with van der Waals surface area (Å²) in [5.41, 5.74) is 4.09. The lowest BCUT2D eigenvalue weighted by Gasteiger charge is -2.39. The van der Waals surface area contributed by atoms with E-state index in [0.717, 1.165) is 54.4 Å². The molecule has 0 saturated carbocycles. The topological polar surface area (TPSA) is 47.4 Å². The molecule has 1 amide bonds. The quantitative estimate of drug-likeness (QED) is 0.853. The minimum atomic E-state index is 0.104. The minimum Gasteiger partial charge on any atom is -0.493 e. The first-order valence-corrected chi connectivity index (χ1v) is 7.69. The maximum atomic E-state index is 12.5. The van der Waals surface area contributed by atoms with Crippen LogP contribution in [0, 0.1) is 13.8 Å². The number of hydrogen-bond acceptors (Lipinski definition) is 3. The van der Waals surface area contributed by atoms with Gasteiger partial charge in [-0.1, -0.05) is 0 Å². The molecule has 1 fully saturated rings. The second-order valence-electron chi connectivity index (χ2n) is 6.16. The molecule has 1 aromatic carbocycles. The van der Waals surface area contributed by atoms with E-state index in [1.54, 1.807) is 0 Å². The van der Waals surface area contributed by atoms with Gasteiger partial charge in [0.25, 0.3) is 5.91 Å². The molecule has 1 saturated heterocycles. The van der Waals surface area contributed by atoms with Gasteiger partial charge < -0.3 is 9.64 Å².